The molecule has 20 heavy (non-hydrogen) atoms. The maximum absolute atomic E-state index is 13.1. The Balaban J connectivity index is 1.84. The Labute approximate surface area is 119 Å². The number of nitrogens with one attached hydrogen (secondary N) is 1. The Kier molecular flexibility index (Phi) is 3.74. The number of carbonyl (C=O) groups excluding carboxylic acids is 1. The second-order valence-electron chi connectivity index (χ2n) is 5.84. The van der Waals surface area contributed by atoms with Crippen LogP contribution in [0.4, 0.5) is 4.39 Å². The summed E-state index contributed by atoms with van der Waals surface area (Å²) in [5.41, 5.74) is 0.588. The molecule has 1 aliphatic heterocycles. The topological polar surface area (TPSA) is 32.3 Å². The molecular formula is C16H21FN2O. The first-order valence-corrected chi connectivity index (χ1v) is 7.48. The fourth-order valence-electron chi connectivity index (χ4n) is 3.28. The molecule has 0 aromatic heterocycles. The molecule has 3 nitrogen and oxygen atoms in total. The number of amides is 1. The first kappa shape index (κ1) is 13.6. The Morgan fingerprint density at radius 3 is 2.50 bits per heavy atom. The van der Waals surface area contributed by atoms with Gasteiger partial charge in [-0.3, -0.25) is 4.79 Å². The lowest BCUT2D eigenvalue weighted by molar-refractivity contribution is -0.140. The van der Waals surface area contributed by atoms with Gasteiger partial charge in [-0.25, -0.2) is 4.39 Å². The van der Waals surface area contributed by atoms with Gasteiger partial charge in [0.1, 0.15) is 5.82 Å². The molecule has 0 spiro atoms. The summed E-state index contributed by atoms with van der Waals surface area (Å²) in [6.45, 7) is 3.45. The molecule has 0 radical (unpaired) electrons. The highest BCUT2D eigenvalue weighted by molar-refractivity contribution is 5.89. The molecule has 0 unspecified atom stereocenters. The summed E-state index contributed by atoms with van der Waals surface area (Å²) < 4.78 is 13.1. The van der Waals surface area contributed by atoms with Crippen LogP contribution in [0.2, 0.25) is 0 Å². The molecule has 1 heterocycles. The number of benzene rings is 1. The van der Waals surface area contributed by atoms with Gasteiger partial charge in [-0.2, -0.15) is 0 Å². The van der Waals surface area contributed by atoms with E-state index in [0.29, 0.717) is 0 Å². The van der Waals surface area contributed by atoms with E-state index in [1.54, 1.807) is 12.1 Å². The summed E-state index contributed by atoms with van der Waals surface area (Å²) in [6.07, 6.45) is 3.86. The lowest BCUT2D eigenvalue weighted by Crippen LogP contribution is -2.51. The molecule has 1 amide bonds. The summed E-state index contributed by atoms with van der Waals surface area (Å²) >= 11 is 0. The smallest absolute Gasteiger partial charge is 0.233 e. The van der Waals surface area contributed by atoms with Crippen molar-refractivity contribution in [2.75, 3.05) is 26.2 Å². The Morgan fingerprint density at radius 1 is 1.10 bits per heavy atom. The average molecular weight is 276 g/mol. The molecule has 108 valence electrons. The molecule has 1 N–H and O–H groups in total. The lowest BCUT2D eigenvalue weighted by Gasteiger charge is -2.43. The van der Waals surface area contributed by atoms with Crippen molar-refractivity contribution in [3.05, 3.63) is 35.6 Å². The van der Waals surface area contributed by atoms with E-state index in [-0.39, 0.29) is 11.7 Å². The van der Waals surface area contributed by atoms with E-state index in [9.17, 15) is 9.18 Å². The van der Waals surface area contributed by atoms with Crippen molar-refractivity contribution in [3.8, 4) is 0 Å². The summed E-state index contributed by atoms with van der Waals surface area (Å²) in [7, 11) is 0. The second-order valence-corrected chi connectivity index (χ2v) is 5.84. The SMILES string of the molecule is O=C(N1CCCNCC1)C1(c2ccc(F)cc2)CCC1. The molecular weight excluding hydrogens is 255 g/mol. The fraction of sp³-hybridized carbons (Fsp3) is 0.562. The van der Waals surface area contributed by atoms with Crippen molar-refractivity contribution in [1.82, 2.24) is 10.2 Å². The van der Waals surface area contributed by atoms with Gasteiger partial charge < -0.3 is 10.2 Å². The fourth-order valence-corrected chi connectivity index (χ4v) is 3.28. The van der Waals surface area contributed by atoms with Crippen molar-refractivity contribution < 1.29 is 9.18 Å². The molecule has 1 saturated carbocycles. The summed E-state index contributed by atoms with van der Waals surface area (Å²) in [5, 5.41) is 3.32. The van der Waals surface area contributed by atoms with Crippen LogP contribution in [0.25, 0.3) is 0 Å². The van der Waals surface area contributed by atoms with E-state index in [1.807, 2.05) is 4.90 Å². The van der Waals surface area contributed by atoms with Gasteiger partial charge >= 0.3 is 0 Å². The zero-order valence-electron chi connectivity index (χ0n) is 11.7. The van der Waals surface area contributed by atoms with Gasteiger partial charge in [0.2, 0.25) is 5.91 Å². The predicted octanol–water partition coefficient (Wildman–Crippen LogP) is 2.07. The van der Waals surface area contributed by atoms with E-state index in [0.717, 1.165) is 57.4 Å². The van der Waals surface area contributed by atoms with E-state index >= 15 is 0 Å². The third kappa shape index (κ3) is 2.33. The number of nitrogens with zero attached hydrogens (tertiary/aromatic N) is 1. The maximum atomic E-state index is 13.1. The molecule has 1 saturated heterocycles. The van der Waals surface area contributed by atoms with Crippen molar-refractivity contribution in [2.24, 2.45) is 0 Å². The van der Waals surface area contributed by atoms with Crippen LogP contribution in [-0.4, -0.2) is 37.0 Å². The minimum atomic E-state index is -0.391. The molecule has 1 aromatic carbocycles. The number of halogens is 1. The maximum Gasteiger partial charge on any atom is 0.233 e. The van der Waals surface area contributed by atoms with E-state index in [1.165, 1.54) is 12.1 Å². The molecule has 0 bridgehead atoms. The minimum absolute atomic E-state index is 0.235. The number of hydrogen-bond acceptors (Lipinski definition) is 2. The number of rotatable bonds is 2. The van der Waals surface area contributed by atoms with E-state index < -0.39 is 5.41 Å². The Bertz CT molecular complexity index is 474. The summed E-state index contributed by atoms with van der Waals surface area (Å²) in [4.78, 5) is 14.9. The van der Waals surface area contributed by atoms with Gasteiger partial charge in [-0.05, 0) is 43.5 Å². The van der Waals surface area contributed by atoms with Gasteiger partial charge in [0.15, 0.2) is 0 Å². The van der Waals surface area contributed by atoms with Gasteiger partial charge in [0.25, 0.3) is 0 Å². The second kappa shape index (κ2) is 5.52. The first-order chi connectivity index (χ1) is 9.72. The normalized spacial score (nSPS) is 21.9. The molecule has 2 aliphatic rings. The van der Waals surface area contributed by atoms with Crippen LogP contribution >= 0.6 is 0 Å². The average Bonchev–Trinajstić information content (AvgIpc) is 2.68. The highest BCUT2D eigenvalue weighted by Crippen LogP contribution is 2.45. The summed E-state index contributed by atoms with van der Waals surface area (Å²) in [6, 6.07) is 6.49. The third-order valence-corrected chi connectivity index (χ3v) is 4.64. The van der Waals surface area contributed by atoms with Crippen molar-refractivity contribution in [2.45, 2.75) is 31.1 Å². The van der Waals surface area contributed by atoms with Crippen LogP contribution in [0.1, 0.15) is 31.2 Å². The highest BCUT2D eigenvalue weighted by atomic mass is 19.1. The quantitative estimate of drug-likeness (QED) is 0.897. The zero-order chi connectivity index (χ0) is 14.0. The van der Waals surface area contributed by atoms with Gasteiger partial charge in [-0.1, -0.05) is 18.6 Å². The lowest BCUT2D eigenvalue weighted by atomic mass is 9.63. The van der Waals surface area contributed by atoms with Crippen LogP contribution < -0.4 is 5.32 Å². The molecule has 0 atom stereocenters. The molecule has 3 rings (SSSR count). The minimum Gasteiger partial charge on any atom is -0.341 e. The molecule has 1 aliphatic carbocycles. The van der Waals surface area contributed by atoms with Crippen LogP contribution in [-0.2, 0) is 10.2 Å². The molecule has 2 fully saturated rings. The van der Waals surface area contributed by atoms with Crippen molar-refractivity contribution in [3.63, 3.8) is 0 Å². The first-order valence-electron chi connectivity index (χ1n) is 7.48. The molecule has 1 aromatic rings. The Hall–Kier alpha value is -1.42. The van der Waals surface area contributed by atoms with Gasteiger partial charge in [0.05, 0.1) is 5.41 Å². The molecule has 4 heteroatoms. The monoisotopic (exact) mass is 276 g/mol. The van der Waals surface area contributed by atoms with Crippen molar-refractivity contribution >= 4 is 5.91 Å². The van der Waals surface area contributed by atoms with Crippen LogP contribution in [0, 0.1) is 5.82 Å². The third-order valence-electron chi connectivity index (χ3n) is 4.64. The van der Waals surface area contributed by atoms with E-state index in [2.05, 4.69) is 5.32 Å². The van der Waals surface area contributed by atoms with Crippen LogP contribution in [0.5, 0.6) is 0 Å². The Morgan fingerprint density at radius 2 is 1.85 bits per heavy atom. The number of carbonyl (C=O) groups is 1. The van der Waals surface area contributed by atoms with E-state index in [4.69, 9.17) is 0 Å². The van der Waals surface area contributed by atoms with Gasteiger partial charge in [0, 0.05) is 19.6 Å². The van der Waals surface area contributed by atoms with Gasteiger partial charge in [-0.15, -0.1) is 0 Å². The largest absolute Gasteiger partial charge is 0.341 e. The number of hydrogen-bond donors (Lipinski definition) is 1. The summed E-state index contributed by atoms with van der Waals surface area (Å²) in [5.74, 6) is -0.00583. The van der Waals surface area contributed by atoms with Crippen LogP contribution in [0.3, 0.4) is 0 Å². The standard InChI is InChI=1S/C16H21FN2O/c17-14-5-3-13(4-6-14)16(7-1-8-16)15(20)19-11-2-9-18-10-12-19/h3-6,18H,1-2,7-12H2. The van der Waals surface area contributed by atoms with Crippen LogP contribution in [0.15, 0.2) is 24.3 Å². The predicted molar refractivity (Wildman–Crippen MR) is 76.0 cm³/mol. The van der Waals surface area contributed by atoms with Crippen molar-refractivity contribution in [1.29, 1.82) is 0 Å². The zero-order valence-corrected chi connectivity index (χ0v) is 11.7. The highest BCUT2D eigenvalue weighted by Gasteiger charge is 2.47.